The highest BCUT2D eigenvalue weighted by atomic mass is 16.5. The first-order valence-corrected chi connectivity index (χ1v) is 10.8. The standard InChI is InChI=1S/C25H23N5O6/c1-28-20(13-22(32)29(2)25(28)34)26-21(31)15-36-24(33)19-14-30(17-7-5-4-6-8-17)27-23(19)16-9-11-18(35-3)12-10-16/h4-14H,15H2,1-3H3,(H,26,31). The third-order valence-electron chi connectivity index (χ3n) is 5.45. The van der Waals surface area contributed by atoms with Gasteiger partial charge in [-0.1, -0.05) is 18.2 Å². The van der Waals surface area contributed by atoms with Crippen molar-refractivity contribution in [3.05, 3.63) is 93.3 Å². The van der Waals surface area contributed by atoms with Gasteiger partial charge in [-0.15, -0.1) is 0 Å². The van der Waals surface area contributed by atoms with Crippen molar-refractivity contribution in [1.29, 1.82) is 0 Å². The summed E-state index contributed by atoms with van der Waals surface area (Å²) in [6, 6.07) is 17.3. The molecule has 0 atom stereocenters. The molecule has 0 saturated carbocycles. The number of nitrogens with one attached hydrogen (secondary N) is 1. The van der Waals surface area contributed by atoms with Crippen LogP contribution in [0, 0.1) is 0 Å². The monoisotopic (exact) mass is 489 g/mol. The lowest BCUT2D eigenvalue weighted by atomic mass is 10.1. The molecule has 0 bridgehead atoms. The van der Waals surface area contributed by atoms with Crippen LogP contribution in [0.4, 0.5) is 5.82 Å². The van der Waals surface area contributed by atoms with Gasteiger partial charge in [0.1, 0.15) is 22.8 Å². The molecule has 0 radical (unpaired) electrons. The number of carbonyl (C=O) groups is 2. The van der Waals surface area contributed by atoms with Crippen LogP contribution >= 0.6 is 0 Å². The van der Waals surface area contributed by atoms with Crippen molar-refractivity contribution in [1.82, 2.24) is 18.9 Å². The Hall–Kier alpha value is -4.93. The molecule has 0 saturated heterocycles. The molecule has 0 spiro atoms. The Labute approximate surface area is 205 Å². The van der Waals surface area contributed by atoms with E-state index in [9.17, 15) is 19.2 Å². The summed E-state index contributed by atoms with van der Waals surface area (Å²) in [5, 5.41) is 6.98. The Morgan fingerprint density at radius 1 is 0.972 bits per heavy atom. The summed E-state index contributed by atoms with van der Waals surface area (Å²) < 4.78 is 14.0. The molecule has 2 aromatic heterocycles. The number of amides is 1. The molecule has 2 heterocycles. The Morgan fingerprint density at radius 3 is 2.33 bits per heavy atom. The summed E-state index contributed by atoms with van der Waals surface area (Å²) in [6.07, 6.45) is 1.53. The van der Waals surface area contributed by atoms with Crippen LogP contribution in [-0.2, 0) is 23.6 Å². The minimum absolute atomic E-state index is 0.0139. The second-order valence-electron chi connectivity index (χ2n) is 7.79. The van der Waals surface area contributed by atoms with Crippen LogP contribution in [0.5, 0.6) is 5.75 Å². The van der Waals surface area contributed by atoms with Gasteiger partial charge < -0.3 is 14.8 Å². The summed E-state index contributed by atoms with van der Waals surface area (Å²) >= 11 is 0. The number of aromatic nitrogens is 4. The number of nitrogens with zero attached hydrogens (tertiary/aromatic N) is 4. The highest BCUT2D eigenvalue weighted by Gasteiger charge is 2.21. The van der Waals surface area contributed by atoms with Crippen molar-refractivity contribution in [3.63, 3.8) is 0 Å². The fourth-order valence-electron chi connectivity index (χ4n) is 3.44. The van der Waals surface area contributed by atoms with E-state index in [1.54, 1.807) is 36.1 Å². The van der Waals surface area contributed by atoms with Crippen molar-refractivity contribution in [2.24, 2.45) is 14.1 Å². The Balaban J connectivity index is 1.57. The van der Waals surface area contributed by atoms with E-state index in [1.165, 1.54) is 20.3 Å². The van der Waals surface area contributed by atoms with Gasteiger partial charge in [0.2, 0.25) is 0 Å². The molecule has 2 aromatic carbocycles. The molecule has 184 valence electrons. The second kappa shape index (κ2) is 10.1. The van der Waals surface area contributed by atoms with E-state index in [1.807, 2.05) is 30.3 Å². The van der Waals surface area contributed by atoms with Crippen molar-refractivity contribution >= 4 is 17.7 Å². The average Bonchev–Trinajstić information content (AvgIpc) is 3.35. The Morgan fingerprint density at radius 2 is 1.67 bits per heavy atom. The van der Waals surface area contributed by atoms with Gasteiger partial charge in [0.25, 0.3) is 11.5 Å². The molecule has 4 rings (SSSR count). The van der Waals surface area contributed by atoms with Crippen LogP contribution in [0.15, 0.2) is 76.4 Å². The van der Waals surface area contributed by atoms with Crippen LogP contribution in [0.3, 0.4) is 0 Å². The number of esters is 1. The maximum absolute atomic E-state index is 13.0. The summed E-state index contributed by atoms with van der Waals surface area (Å²) in [5.41, 5.74) is 0.710. The minimum atomic E-state index is -0.768. The van der Waals surface area contributed by atoms with Crippen molar-refractivity contribution in [3.8, 4) is 22.7 Å². The van der Waals surface area contributed by atoms with Gasteiger partial charge in [-0.2, -0.15) is 5.10 Å². The molecule has 1 N–H and O–H groups in total. The van der Waals surface area contributed by atoms with E-state index >= 15 is 0 Å². The van der Waals surface area contributed by atoms with E-state index in [2.05, 4.69) is 10.4 Å². The summed E-state index contributed by atoms with van der Waals surface area (Å²) in [7, 11) is 4.29. The number of carbonyl (C=O) groups excluding carboxylic acids is 2. The number of ether oxygens (including phenoxy) is 2. The van der Waals surface area contributed by atoms with E-state index in [0.717, 1.165) is 20.9 Å². The van der Waals surface area contributed by atoms with Crippen LogP contribution < -0.4 is 21.3 Å². The maximum Gasteiger partial charge on any atom is 0.342 e. The van der Waals surface area contributed by atoms with Crippen LogP contribution in [-0.4, -0.2) is 44.5 Å². The molecular formula is C25H23N5O6. The lowest BCUT2D eigenvalue weighted by Crippen LogP contribution is -2.38. The lowest BCUT2D eigenvalue weighted by molar-refractivity contribution is -0.119. The van der Waals surface area contributed by atoms with Crippen LogP contribution in [0.2, 0.25) is 0 Å². The number of methoxy groups -OCH3 is 1. The van der Waals surface area contributed by atoms with Gasteiger partial charge in [0.05, 0.1) is 12.8 Å². The number of benzene rings is 2. The van der Waals surface area contributed by atoms with Gasteiger partial charge in [0, 0.05) is 31.9 Å². The van der Waals surface area contributed by atoms with Crippen molar-refractivity contribution < 1.29 is 19.1 Å². The normalized spacial score (nSPS) is 10.6. The number of hydrogen-bond donors (Lipinski definition) is 1. The fraction of sp³-hybridized carbons (Fsp3) is 0.160. The SMILES string of the molecule is COc1ccc(-c2nn(-c3ccccc3)cc2C(=O)OCC(=O)Nc2cc(=O)n(C)c(=O)n2C)cc1. The molecule has 1 amide bonds. The summed E-state index contributed by atoms with van der Waals surface area (Å²) in [4.78, 5) is 49.3. The Kier molecular flexibility index (Phi) is 6.81. The highest BCUT2D eigenvalue weighted by Crippen LogP contribution is 2.26. The smallest absolute Gasteiger partial charge is 0.342 e. The second-order valence-corrected chi connectivity index (χ2v) is 7.79. The van der Waals surface area contributed by atoms with Crippen LogP contribution in [0.25, 0.3) is 16.9 Å². The molecule has 0 fully saturated rings. The largest absolute Gasteiger partial charge is 0.497 e. The summed E-state index contributed by atoms with van der Waals surface area (Å²) in [5.74, 6) is -0.851. The predicted octanol–water partition coefficient (Wildman–Crippen LogP) is 1.74. The van der Waals surface area contributed by atoms with Gasteiger partial charge in [-0.25, -0.2) is 14.3 Å². The highest BCUT2D eigenvalue weighted by molar-refractivity contribution is 5.98. The van der Waals surface area contributed by atoms with E-state index in [0.29, 0.717) is 17.0 Å². The zero-order valence-corrected chi connectivity index (χ0v) is 19.8. The molecular weight excluding hydrogens is 466 g/mol. The lowest BCUT2D eigenvalue weighted by Gasteiger charge is -2.11. The number of para-hydroxylation sites is 1. The molecule has 0 aliphatic carbocycles. The van der Waals surface area contributed by atoms with E-state index in [-0.39, 0.29) is 11.4 Å². The Bertz CT molecular complexity index is 1530. The topological polar surface area (TPSA) is 126 Å². The molecule has 11 nitrogen and oxygen atoms in total. The average molecular weight is 489 g/mol. The first-order valence-electron chi connectivity index (χ1n) is 10.8. The van der Waals surface area contributed by atoms with E-state index < -0.39 is 29.7 Å². The number of rotatable bonds is 7. The summed E-state index contributed by atoms with van der Waals surface area (Å²) in [6.45, 7) is -0.638. The van der Waals surface area contributed by atoms with Crippen molar-refractivity contribution in [2.45, 2.75) is 0 Å². The molecule has 11 heteroatoms. The maximum atomic E-state index is 13.0. The molecule has 0 aliphatic heterocycles. The third kappa shape index (κ3) is 4.94. The van der Waals surface area contributed by atoms with Gasteiger partial charge in [0.15, 0.2) is 6.61 Å². The first kappa shape index (κ1) is 24.2. The molecule has 0 aliphatic rings. The fourth-order valence-corrected chi connectivity index (χ4v) is 3.44. The molecule has 4 aromatic rings. The molecule has 0 unspecified atom stereocenters. The quantitative estimate of drug-likeness (QED) is 0.392. The predicted molar refractivity (Wildman–Crippen MR) is 131 cm³/mol. The van der Waals surface area contributed by atoms with Gasteiger partial charge in [-0.05, 0) is 36.4 Å². The van der Waals surface area contributed by atoms with E-state index in [4.69, 9.17) is 9.47 Å². The molecule has 36 heavy (non-hydrogen) atoms. The number of hydrogen-bond acceptors (Lipinski definition) is 7. The van der Waals surface area contributed by atoms with Crippen molar-refractivity contribution in [2.75, 3.05) is 19.0 Å². The number of anilines is 1. The van der Waals surface area contributed by atoms with Gasteiger partial charge in [-0.3, -0.25) is 18.7 Å². The van der Waals surface area contributed by atoms with Gasteiger partial charge >= 0.3 is 11.7 Å². The zero-order valence-electron chi connectivity index (χ0n) is 19.8. The zero-order chi connectivity index (χ0) is 25.8. The first-order chi connectivity index (χ1) is 17.3. The minimum Gasteiger partial charge on any atom is -0.497 e. The van der Waals surface area contributed by atoms with Crippen LogP contribution in [0.1, 0.15) is 10.4 Å². The third-order valence-corrected chi connectivity index (χ3v) is 5.45.